The van der Waals surface area contributed by atoms with E-state index in [1.807, 2.05) is 37.3 Å². The van der Waals surface area contributed by atoms with Crippen molar-refractivity contribution in [1.82, 2.24) is 0 Å². The fourth-order valence-electron chi connectivity index (χ4n) is 2.33. The summed E-state index contributed by atoms with van der Waals surface area (Å²) in [4.78, 5) is 0. The van der Waals surface area contributed by atoms with Gasteiger partial charge in [-0.2, -0.15) is 0 Å². The average molecular weight is 334 g/mol. The number of hydrogen-bond donors (Lipinski definition) is 1. The first-order chi connectivity index (χ1) is 9.78. The number of halogens is 1. The number of rotatable bonds is 3. The second kappa shape index (κ2) is 5.75. The molecule has 3 rings (SSSR count). The van der Waals surface area contributed by atoms with Gasteiger partial charge in [0, 0.05) is 0 Å². The largest absolute Gasteiger partial charge is 0.494 e. The van der Waals surface area contributed by atoms with E-state index in [0.29, 0.717) is 13.2 Å². The molecule has 0 saturated heterocycles. The Bertz CT molecular complexity index is 615. The van der Waals surface area contributed by atoms with Crippen molar-refractivity contribution in [2.75, 3.05) is 18.5 Å². The Morgan fingerprint density at radius 3 is 3.00 bits per heavy atom. The van der Waals surface area contributed by atoms with E-state index in [1.165, 1.54) is 5.56 Å². The lowest BCUT2D eigenvalue weighted by atomic mass is 10.1. The summed E-state index contributed by atoms with van der Waals surface area (Å²) in [6.07, 6.45) is 0. The molecule has 0 saturated carbocycles. The zero-order valence-corrected chi connectivity index (χ0v) is 12.8. The van der Waals surface area contributed by atoms with Gasteiger partial charge in [0.1, 0.15) is 12.4 Å². The van der Waals surface area contributed by atoms with Gasteiger partial charge in [-0.3, -0.25) is 0 Å². The van der Waals surface area contributed by atoms with E-state index in [0.717, 1.165) is 21.7 Å². The molecule has 0 radical (unpaired) electrons. The molecule has 0 aliphatic carbocycles. The minimum absolute atomic E-state index is 0.136. The number of para-hydroxylation sites is 1. The third-order valence-corrected chi connectivity index (χ3v) is 3.89. The lowest BCUT2D eigenvalue weighted by Gasteiger charge is -2.28. The van der Waals surface area contributed by atoms with E-state index in [4.69, 9.17) is 9.47 Å². The second-order valence-electron chi connectivity index (χ2n) is 4.63. The van der Waals surface area contributed by atoms with Crippen molar-refractivity contribution < 1.29 is 9.47 Å². The molecule has 104 valence electrons. The molecule has 0 amide bonds. The summed E-state index contributed by atoms with van der Waals surface area (Å²) < 4.78 is 12.4. The Morgan fingerprint density at radius 1 is 1.30 bits per heavy atom. The van der Waals surface area contributed by atoms with Gasteiger partial charge in [-0.25, -0.2) is 0 Å². The van der Waals surface area contributed by atoms with Crippen molar-refractivity contribution in [1.29, 1.82) is 0 Å². The lowest BCUT2D eigenvalue weighted by Crippen LogP contribution is -2.24. The van der Waals surface area contributed by atoms with Crippen LogP contribution in [-0.4, -0.2) is 13.2 Å². The highest BCUT2D eigenvalue weighted by molar-refractivity contribution is 9.10. The van der Waals surface area contributed by atoms with Crippen molar-refractivity contribution in [3.05, 3.63) is 52.5 Å². The number of nitrogens with one attached hydrogen (secondary N) is 1. The van der Waals surface area contributed by atoms with E-state index >= 15 is 0 Å². The zero-order valence-electron chi connectivity index (χ0n) is 11.2. The third-order valence-electron chi connectivity index (χ3n) is 3.26. The first-order valence-corrected chi connectivity index (χ1v) is 7.48. The maximum atomic E-state index is 5.87. The molecular formula is C16H16BrNO2. The van der Waals surface area contributed by atoms with Crippen LogP contribution in [0.1, 0.15) is 18.5 Å². The summed E-state index contributed by atoms with van der Waals surface area (Å²) >= 11 is 3.51. The maximum Gasteiger partial charge on any atom is 0.156 e. The molecule has 0 bridgehead atoms. The van der Waals surface area contributed by atoms with Crippen LogP contribution < -0.4 is 14.8 Å². The van der Waals surface area contributed by atoms with Crippen LogP contribution in [0.25, 0.3) is 0 Å². The molecule has 2 aromatic carbocycles. The van der Waals surface area contributed by atoms with Gasteiger partial charge >= 0.3 is 0 Å². The van der Waals surface area contributed by atoms with Crippen LogP contribution in [0.5, 0.6) is 11.5 Å². The summed E-state index contributed by atoms with van der Waals surface area (Å²) in [7, 11) is 0. The highest BCUT2D eigenvalue weighted by atomic mass is 79.9. The van der Waals surface area contributed by atoms with Crippen LogP contribution in [0.15, 0.2) is 46.9 Å². The van der Waals surface area contributed by atoms with E-state index in [1.54, 1.807) is 0 Å². The van der Waals surface area contributed by atoms with Gasteiger partial charge in [0.15, 0.2) is 5.75 Å². The molecule has 1 atom stereocenters. The quantitative estimate of drug-likeness (QED) is 0.903. The number of fused-ring (bicyclic) bond motifs is 1. The fourth-order valence-corrected chi connectivity index (χ4v) is 2.81. The molecule has 20 heavy (non-hydrogen) atoms. The average Bonchev–Trinajstić information content (AvgIpc) is 2.48. The molecule has 4 heteroatoms. The standard InChI is InChI=1S/C16H16BrNO2/c1-2-19-12-6-3-5-11(9-12)15-10-20-16-13(17)7-4-8-14(16)18-15/h3-9,15,18H,2,10H2,1H3. The van der Waals surface area contributed by atoms with E-state index < -0.39 is 0 Å². The molecule has 2 aromatic rings. The predicted octanol–water partition coefficient (Wildman–Crippen LogP) is 4.39. The molecule has 1 heterocycles. The monoisotopic (exact) mass is 333 g/mol. The van der Waals surface area contributed by atoms with Crippen LogP contribution in [0.2, 0.25) is 0 Å². The van der Waals surface area contributed by atoms with E-state index in [-0.39, 0.29) is 6.04 Å². The molecule has 3 nitrogen and oxygen atoms in total. The zero-order chi connectivity index (χ0) is 13.9. The van der Waals surface area contributed by atoms with Crippen molar-refractivity contribution in [2.24, 2.45) is 0 Å². The minimum atomic E-state index is 0.136. The molecule has 1 unspecified atom stereocenters. The smallest absolute Gasteiger partial charge is 0.156 e. The highest BCUT2D eigenvalue weighted by Crippen LogP contribution is 2.39. The SMILES string of the molecule is CCOc1cccc(C2COc3c(Br)cccc3N2)c1. The summed E-state index contributed by atoms with van der Waals surface area (Å²) in [5.41, 5.74) is 2.18. The Morgan fingerprint density at radius 2 is 2.15 bits per heavy atom. The van der Waals surface area contributed by atoms with Gasteiger partial charge in [-0.1, -0.05) is 18.2 Å². The van der Waals surface area contributed by atoms with E-state index in [9.17, 15) is 0 Å². The van der Waals surface area contributed by atoms with Crippen LogP contribution in [-0.2, 0) is 0 Å². The highest BCUT2D eigenvalue weighted by Gasteiger charge is 2.22. The third kappa shape index (κ3) is 2.61. The Labute approximate surface area is 127 Å². The topological polar surface area (TPSA) is 30.5 Å². The molecular weight excluding hydrogens is 318 g/mol. The summed E-state index contributed by atoms with van der Waals surface area (Å²) in [5.74, 6) is 1.77. The number of benzene rings is 2. The molecule has 1 aliphatic rings. The van der Waals surface area contributed by atoms with Crippen LogP contribution in [0.3, 0.4) is 0 Å². The molecule has 0 spiro atoms. The maximum absolute atomic E-state index is 5.87. The number of hydrogen-bond acceptors (Lipinski definition) is 3. The van der Waals surface area contributed by atoms with Crippen LogP contribution in [0.4, 0.5) is 5.69 Å². The van der Waals surface area contributed by atoms with Crippen molar-refractivity contribution >= 4 is 21.6 Å². The predicted molar refractivity (Wildman–Crippen MR) is 83.6 cm³/mol. The summed E-state index contributed by atoms with van der Waals surface area (Å²) in [6.45, 7) is 3.27. The minimum Gasteiger partial charge on any atom is -0.494 e. The van der Waals surface area contributed by atoms with Crippen LogP contribution >= 0.6 is 15.9 Å². The van der Waals surface area contributed by atoms with Crippen molar-refractivity contribution in [3.8, 4) is 11.5 Å². The van der Waals surface area contributed by atoms with E-state index in [2.05, 4.69) is 33.4 Å². The van der Waals surface area contributed by atoms with Gasteiger partial charge in [-0.05, 0) is 52.7 Å². The normalized spacial score (nSPS) is 16.8. The van der Waals surface area contributed by atoms with Crippen molar-refractivity contribution in [2.45, 2.75) is 13.0 Å². The van der Waals surface area contributed by atoms with Gasteiger partial charge in [0.05, 0.1) is 22.8 Å². The summed E-state index contributed by atoms with van der Waals surface area (Å²) in [5, 5.41) is 3.51. The number of ether oxygens (including phenoxy) is 2. The number of anilines is 1. The molecule has 0 aromatic heterocycles. The Hall–Kier alpha value is -1.68. The molecule has 0 fully saturated rings. The lowest BCUT2D eigenvalue weighted by molar-refractivity contribution is 0.284. The fraction of sp³-hybridized carbons (Fsp3) is 0.250. The first kappa shape index (κ1) is 13.3. The van der Waals surface area contributed by atoms with Gasteiger partial charge in [0.25, 0.3) is 0 Å². The first-order valence-electron chi connectivity index (χ1n) is 6.68. The Kier molecular flexibility index (Phi) is 3.83. The molecule has 1 aliphatic heterocycles. The Balaban J connectivity index is 1.85. The summed E-state index contributed by atoms with van der Waals surface area (Å²) in [6, 6.07) is 14.3. The van der Waals surface area contributed by atoms with Crippen molar-refractivity contribution in [3.63, 3.8) is 0 Å². The van der Waals surface area contributed by atoms with Crippen LogP contribution in [0, 0.1) is 0 Å². The molecule has 1 N–H and O–H groups in total. The second-order valence-corrected chi connectivity index (χ2v) is 5.48. The van der Waals surface area contributed by atoms with Gasteiger partial charge < -0.3 is 14.8 Å². The van der Waals surface area contributed by atoms with Gasteiger partial charge in [0.2, 0.25) is 0 Å². The van der Waals surface area contributed by atoms with Gasteiger partial charge in [-0.15, -0.1) is 0 Å².